The van der Waals surface area contributed by atoms with Crippen LogP contribution in [0.25, 0.3) is 0 Å². The van der Waals surface area contributed by atoms with E-state index < -0.39 is 40.8 Å². The van der Waals surface area contributed by atoms with Gasteiger partial charge in [-0.15, -0.1) is 0 Å². The Morgan fingerprint density at radius 3 is 2.22 bits per heavy atom. The molecule has 0 radical (unpaired) electrons. The van der Waals surface area contributed by atoms with E-state index in [9.17, 15) is 26.7 Å². The fraction of sp³-hybridized carbons (Fsp3) is 0.235. The smallest absolute Gasteiger partial charge is 0.347 e. The molecule has 10 heteroatoms. The molecular formula is C17H11F5O5. The Labute approximate surface area is 149 Å². The molecule has 1 aliphatic rings. The zero-order valence-corrected chi connectivity index (χ0v) is 13.7. The van der Waals surface area contributed by atoms with E-state index in [1.165, 1.54) is 19.2 Å². The van der Waals surface area contributed by atoms with Crippen LogP contribution in [0, 0.1) is 29.1 Å². The van der Waals surface area contributed by atoms with Crippen molar-refractivity contribution in [2.75, 3.05) is 20.3 Å². The zero-order chi connectivity index (χ0) is 19.7. The summed E-state index contributed by atoms with van der Waals surface area (Å²) in [5, 5.41) is 0. The monoisotopic (exact) mass is 390 g/mol. The van der Waals surface area contributed by atoms with Crippen molar-refractivity contribution in [3.05, 3.63) is 52.8 Å². The molecule has 0 aromatic heterocycles. The SMILES string of the molecule is COc1ccc(OCC2CO2)c(C(=O)Oc2c(F)c(F)c(F)c(F)c2F)c1. The number of rotatable bonds is 6. The van der Waals surface area contributed by atoms with Crippen molar-refractivity contribution in [3.63, 3.8) is 0 Å². The minimum atomic E-state index is -2.36. The van der Waals surface area contributed by atoms with Crippen LogP contribution in [0.5, 0.6) is 17.2 Å². The van der Waals surface area contributed by atoms with E-state index in [4.69, 9.17) is 14.2 Å². The Balaban J connectivity index is 1.94. The van der Waals surface area contributed by atoms with Crippen LogP contribution in [0.2, 0.25) is 0 Å². The van der Waals surface area contributed by atoms with Crippen molar-refractivity contribution in [3.8, 4) is 17.2 Å². The average Bonchev–Trinajstić information content (AvgIpc) is 3.50. The van der Waals surface area contributed by atoms with Gasteiger partial charge in [-0.25, -0.2) is 18.0 Å². The first-order valence-electron chi connectivity index (χ1n) is 7.49. The van der Waals surface area contributed by atoms with Gasteiger partial charge in [0.25, 0.3) is 0 Å². The molecule has 0 spiro atoms. The lowest BCUT2D eigenvalue weighted by Crippen LogP contribution is -2.16. The number of carbonyl (C=O) groups is 1. The summed E-state index contributed by atoms with van der Waals surface area (Å²) < 4.78 is 86.7. The number of epoxide rings is 1. The number of hydrogen-bond donors (Lipinski definition) is 0. The molecule has 2 aromatic rings. The fourth-order valence-corrected chi connectivity index (χ4v) is 2.09. The molecule has 5 nitrogen and oxygen atoms in total. The number of ether oxygens (including phenoxy) is 4. The zero-order valence-electron chi connectivity index (χ0n) is 13.7. The van der Waals surface area contributed by atoms with Crippen molar-refractivity contribution >= 4 is 5.97 Å². The molecule has 1 unspecified atom stereocenters. The normalized spacial score (nSPS) is 15.4. The Hall–Kier alpha value is -2.88. The van der Waals surface area contributed by atoms with E-state index in [2.05, 4.69) is 4.74 Å². The van der Waals surface area contributed by atoms with Crippen molar-refractivity contribution < 1.29 is 45.7 Å². The second-order valence-electron chi connectivity index (χ2n) is 5.42. The maximum absolute atomic E-state index is 13.7. The second-order valence-corrected chi connectivity index (χ2v) is 5.42. The van der Waals surface area contributed by atoms with E-state index in [0.29, 0.717) is 6.61 Å². The van der Waals surface area contributed by atoms with Gasteiger partial charge in [-0.3, -0.25) is 0 Å². The van der Waals surface area contributed by atoms with Gasteiger partial charge < -0.3 is 18.9 Å². The van der Waals surface area contributed by atoms with E-state index in [-0.39, 0.29) is 29.8 Å². The van der Waals surface area contributed by atoms with Gasteiger partial charge in [-0.05, 0) is 18.2 Å². The minimum absolute atomic E-state index is 0.0415. The first kappa shape index (κ1) is 18.9. The van der Waals surface area contributed by atoms with Crippen LogP contribution in [0.3, 0.4) is 0 Å². The minimum Gasteiger partial charge on any atom is -0.497 e. The van der Waals surface area contributed by atoms with Gasteiger partial charge in [0.1, 0.15) is 29.8 Å². The molecule has 1 fully saturated rings. The molecule has 1 saturated heterocycles. The summed E-state index contributed by atoms with van der Waals surface area (Å²) in [6, 6.07) is 3.91. The van der Waals surface area contributed by atoms with Crippen molar-refractivity contribution in [1.82, 2.24) is 0 Å². The van der Waals surface area contributed by atoms with Gasteiger partial charge >= 0.3 is 5.97 Å². The Morgan fingerprint density at radius 1 is 1.07 bits per heavy atom. The molecule has 0 bridgehead atoms. The molecule has 1 atom stereocenters. The maximum Gasteiger partial charge on any atom is 0.347 e. The summed E-state index contributed by atoms with van der Waals surface area (Å²) in [5.41, 5.74) is -0.334. The van der Waals surface area contributed by atoms with E-state index >= 15 is 0 Å². The van der Waals surface area contributed by atoms with Gasteiger partial charge in [-0.2, -0.15) is 8.78 Å². The highest BCUT2D eigenvalue weighted by atomic mass is 19.2. The first-order valence-corrected chi connectivity index (χ1v) is 7.49. The molecule has 0 amide bonds. The van der Waals surface area contributed by atoms with Crippen LogP contribution in [0.4, 0.5) is 22.0 Å². The van der Waals surface area contributed by atoms with Gasteiger partial charge in [0, 0.05) is 0 Å². The summed E-state index contributed by atoms with van der Waals surface area (Å²) in [7, 11) is 1.30. The summed E-state index contributed by atoms with van der Waals surface area (Å²) in [6.45, 7) is 0.565. The molecule has 1 aliphatic heterocycles. The molecule has 0 aliphatic carbocycles. The van der Waals surface area contributed by atoms with Crippen molar-refractivity contribution in [2.45, 2.75) is 6.10 Å². The maximum atomic E-state index is 13.7. The summed E-state index contributed by atoms with van der Waals surface area (Å²) in [5.74, 6) is -14.3. The predicted molar refractivity (Wildman–Crippen MR) is 79.4 cm³/mol. The molecule has 0 saturated carbocycles. The molecular weight excluding hydrogens is 379 g/mol. The third-order valence-corrected chi connectivity index (χ3v) is 3.60. The van der Waals surface area contributed by atoms with Crippen LogP contribution in [-0.4, -0.2) is 32.4 Å². The second kappa shape index (κ2) is 7.39. The highest BCUT2D eigenvalue weighted by Gasteiger charge is 2.30. The molecule has 1 heterocycles. The third-order valence-electron chi connectivity index (χ3n) is 3.60. The topological polar surface area (TPSA) is 57.3 Å². The number of hydrogen-bond acceptors (Lipinski definition) is 5. The first-order chi connectivity index (χ1) is 12.8. The van der Waals surface area contributed by atoms with Crippen LogP contribution in [0.15, 0.2) is 18.2 Å². The van der Waals surface area contributed by atoms with Crippen molar-refractivity contribution in [2.24, 2.45) is 0 Å². The van der Waals surface area contributed by atoms with E-state index in [0.717, 1.165) is 6.07 Å². The van der Waals surface area contributed by atoms with Gasteiger partial charge in [0.2, 0.25) is 34.8 Å². The van der Waals surface area contributed by atoms with Crippen molar-refractivity contribution in [1.29, 1.82) is 0 Å². The lowest BCUT2D eigenvalue weighted by Gasteiger charge is -2.13. The standard InChI is InChI=1S/C17H11F5O5/c1-24-7-2-3-10(26-6-8-5-25-8)9(4-7)17(23)27-16-14(21)12(19)11(18)13(20)15(16)22/h2-4,8H,5-6H2,1H3. The molecule has 2 aromatic carbocycles. The Morgan fingerprint density at radius 2 is 1.67 bits per heavy atom. The molecule has 0 N–H and O–H groups in total. The number of benzene rings is 2. The highest BCUT2D eigenvalue weighted by molar-refractivity contribution is 5.94. The summed E-state index contributed by atoms with van der Waals surface area (Å²) >= 11 is 0. The number of halogens is 5. The lowest BCUT2D eigenvalue weighted by atomic mass is 10.2. The van der Waals surface area contributed by atoms with E-state index in [1.54, 1.807) is 0 Å². The molecule has 144 valence electrons. The number of carbonyl (C=O) groups excluding carboxylic acids is 1. The fourth-order valence-electron chi connectivity index (χ4n) is 2.09. The van der Waals surface area contributed by atoms with Gasteiger partial charge in [0.05, 0.1) is 13.7 Å². The van der Waals surface area contributed by atoms with Crippen LogP contribution >= 0.6 is 0 Å². The number of methoxy groups -OCH3 is 1. The largest absolute Gasteiger partial charge is 0.497 e. The molecule has 3 rings (SSSR count). The van der Waals surface area contributed by atoms with Crippen LogP contribution < -0.4 is 14.2 Å². The Kier molecular flexibility index (Phi) is 5.17. The third kappa shape index (κ3) is 3.80. The van der Waals surface area contributed by atoms with Crippen LogP contribution in [0.1, 0.15) is 10.4 Å². The quantitative estimate of drug-likeness (QED) is 0.189. The predicted octanol–water partition coefficient (Wildman–Crippen LogP) is 3.39. The highest BCUT2D eigenvalue weighted by Crippen LogP contribution is 2.32. The molecule has 27 heavy (non-hydrogen) atoms. The lowest BCUT2D eigenvalue weighted by molar-refractivity contribution is 0.0710. The summed E-state index contributed by atoms with van der Waals surface area (Å²) in [6.07, 6.45) is -0.161. The van der Waals surface area contributed by atoms with E-state index in [1.807, 2.05) is 0 Å². The van der Waals surface area contributed by atoms with Crippen LogP contribution in [-0.2, 0) is 4.74 Å². The number of esters is 1. The van der Waals surface area contributed by atoms with Gasteiger partial charge in [0.15, 0.2) is 0 Å². The summed E-state index contributed by atoms with van der Waals surface area (Å²) in [4.78, 5) is 12.3. The average molecular weight is 390 g/mol. The van der Waals surface area contributed by atoms with Gasteiger partial charge in [-0.1, -0.05) is 0 Å². The Bertz CT molecular complexity index is 869.